The van der Waals surface area contributed by atoms with Crippen LogP contribution in [0.2, 0.25) is 5.02 Å². The zero-order chi connectivity index (χ0) is 24.3. The lowest BCUT2D eigenvalue weighted by atomic mass is 9.81. The maximum Gasteiger partial charge on any atom is 0.254 e. The van der Waals surface area contributed by atoms with E-state index in [0.29, 0.717) is 22.6 Å². The number of aromatic nitrogens is 2. The summed E-state index contributed by atoms with van der Waals surface area (Å²) in [6.45, 7) is 5.34. The smallest absolute Gasteiger partial charge is 0.254 e. The first-order valence-electron chi connectivity index (χ1n) is 10.0. The molecule has 2 unspecified atom stereocenters. The first-order chi connectivity index (χ1) is 15.5. The molecule has 33 heavy (non-hydrogen) atoms. The number of hydrogen-bond acceptors (Lipinski definition) is 4. The van der Waals surface area contributed by atoms with Gasteiger partial charge in [-0.05, 0) is 42.3 Å². The van der Waals surface area contributed by atoms with Crippen molar-refractivity contribution in [3.8, 4) is 0 Å². The molecule has 0 saturated carbocycles. The molecule has 7 nitrogen and oxygen atoms in total. The van der Waals surface area contributed by atoms with E-state index in [0.717, 1.165) is 17.7 Å². The first-order valence-corrected chi connectivity index (χ1v) is 10.4. The second-order valence-corrected chi connectivity index (χ2v) is 8.56. The van der Waals surface area contributed by atoms with Gasteiger partial charge in [-0.1, -0.05) is 37.6 Å². The van der Waals surface area contributed by atoms with Crippen LogP contribution in [-0.4, -0.2) is 33.2 Å². The summed E-state index contributed by atoms with van der Waals surface area (Å²) in [5, 5.41) is 22.6. The molecule has 0 spiro atoms. The van der Waals surface area contributed by atoms with Crippen molar-refractivity contribution in [2.24, 2.45) is 0 Å². The van der Waals surface area contributed by atoms with Crippen molar-refractivity contribution in [1.82, 2.24) is 15.5 Å². The zero-order valence-electron chi connectivity index (χ0n) is 18.1. The van der Waals surface area contributed by atoms with Crippen LogP contribution in [0.5, 0.6) is 0 Å². The maximum absolute atomic E-state index is 13.3. The zero-order valence-corrected chi connectivity index (χ0v) is 18.9. The summed E-state index contributed by atoms with van der Waals surface area (Å²) < 4.78 is 26.7. The minimum absolute atomic E-state index is 0.264. The predicted molar refractivity (Wildman–Crippen MR) is 120 cm³/mol. The Morgan fingerprint density at radius 2 is 1.67 bits per heavy atom. The Balaban J connectivity index is 1.63. The van der Waals surface area contributed by atoms with E-state index in [4.69, 9.17) is 11.6 Å². The number of hydrogen-bond donors (Lipinski definition) is 4. The highest BCUT2D eigenvalue weighted by Crippen LogP contribution is 2.32. The third kappa shape index (κ3) is 5.74. The monoisotopic (exact) mass is 476 g/mol. The van der Waals surface area contributed by atoms with Crippen molar-refractivity contribution >= 4 is 29.2 Å². The molecule has 0 aliphatic heterocycles. The van der Waals surface area contributed by atoms with Crippen LogP contribution in [0.15, 0.2) is 48.5 Å². The molecule has 0 fully saturated rings. The van der Waals surface area contributed by atoms with Gasteiger partial charge in [-0.15, -0.1) is 0 Å². The van der Waals surface area contributed by atoms with E-state index in [1.807, 2.05) is 26.0 Å². The number of aliphatic hydroxyl groups is 1. The highest BCUT2D eigenvalue weighted by Gasteiger charge is 2.27. The molecular weight excluding hydrogens is 454 g/mol. The summed E-state index contributed by atoms with van der Waals surface area (Å²) in [6.07, 6.45) is -1.84. The number of halogens is 3. The van der Waals surface area contributed by atoms with Gasteiger partial charge in [0.25, 0.3) is 5.91 Å². The number of benzene rings is 2. The van der Waals surface area contributed by atoms with Crippen LogP contribution in [0.1, 0.15) is 43.7 Å². The van der Waals surface area contributed by atoms with Crippen LogP contribution >= 0.6 is 11.6 Å². The van der Waals surface area contributed by atoms with Gasteiger partial charge in [0.05, 0.1) is 5.69 Å². The van der Waals surface area contributed by atoms with Gasteiger partial charge in [0.15, 0.2) is 6.10 Å². The second-order valence-electron chi connectivity index (χ2n) is 8.12. The molecule has 0 saturated heterocycles. The van der Waals surface area contributed by atoms with E-state index in [1.54, 1.807) is 18.2 Å². The molecule has 3 rings (SSSR count). The highest BCUT2D eigenvalue weighted by atomic mass is 35.5. The number of anilines is 1. The molecule has 2 atom stereocenters. The molecule has 0 aliphatic rings. The molecular formula is C23H23ClF2N4O3. The lowest BCUT2D eigenvalue weighted by molar-refractivity contribution is -0.132. The number of H-pyrrole nitrogens is 1. The van der Waals surface area contributed by atoms with Gasteiger partial charge in [-0.3, -0.25) is 14.7 Å². The fraction of sp³-hybridized carbons (Fsp3) is 0.261. The van der Waals surface area contributed by atoms with Crippen LogP contribution in [0.25, 0.3) is 0 Å². The lowest BCUT2D eigenvalue weighted by Crippen LogP contribution is -2.43. The van der Waals surface area contributed by atoms with Gasteiger partial charge >= 0.3 is 0 Å². The van der Waals surface area contributed by atoms with E-state index in [1.165, 1.54) is 6.92 Å². The fourth-order valence-electron chi connectivity index (χ4n) is 3.20. The third-order valence-corrected chi connectivity index (χ3v) is 5.49. The number of amides is 2. The Morgan fingerprint density at radius 3 is 2.27 bits per heavy atom. The van der Waals surface area contributed by atoms with Crippen LogP contribution in [-0.2, 0) is 15.0 Å². The summed E-state index contributed by atoms with van der Waals surface area (Å²) in [7, 11) is 0. The number of nitrogens with zero attached hydrogens (tertiary/aromatic N) is 1. The number of aromatic amines is 1. The molecule has 1 aromatic heterocycles. The normalized spacial score (nSPS) is 13.3. The second kappa shape index (κ2) is 9.68. The van der Waals surface area contributed by atoms with Crippen LogP contribution in [0.3, 0.4) is 0 Å². The fourth-order valence-corrected chi connectivity index (χ4v) is 3.33. The molecule has 3 aromatic rings. The van der Waals surface area contributed by atoms with Gasteiger partial charge in [0.2, 0.25) is 5.91 Å². The van der Waals surface area contributed by atoms with E-state index >= 15 is 0 Å². The maximum atomic E-state index is 13.3. The van der Waals surface area contributed by atoms with Crippen molar-refractivity contribution in [3.05, 3.63) is 82.0 Å². The third-order valence-electron chi connectivity index (χ3n) is 5.24. The number of nitrogens with one attached hydrogen (secondary N) is 3. The van der Waals surface area contributed by atoms with Crippen molar-refractivity contribution < 1.29 is 23.5 Å². The summed E-state index contributed by atoms with van der Waals surface area (Å²) >= 11 is 5.95. The summed E-state index contributed by atoms with van der Waals surface area (Å²) in [5.41, 5.74) is 0.897. The lowest BCUT2D eigenvalue weighted by Gasteiger charge is -2.22. The number of rotatable bonds is 7. The standard InChI is InChI=1S/C23H23ClF2N4O3/c1-12(27-22(33)20(31)13-8-16(25)10-17(26)9-13)21(32)28-19-11-18(29-30-19)23(2,3)14-4-6-15(24)7-5-14/h4-12,20,31H,1-3H3,(H,27,33)(H2,28,29,30,32). The average molecular weight is 477 g/mol. The molecule has 4 N–H and O–H groups in total. The molecule has 1 heterocycles. The van der Waals surface area contributed by atoms with Crippen LogP contribution < -0.4 is 10.6 Å². The van der Waals surface area contributed by atoms with Crippen molar-refractivity contribution in [1.29, 1.82) is 0 Å². The minimum Gasteiger partial charge on any atom is -0.378 e. The number of carbonyl (C=O) groups is 2. The van der Waals surface area contributed by atoms with Gasteiger partial charge in [0.1, 0.15) is 23.5 Å². The summed E-state index contributed by atoms with van der Waals surface area (Å²) in [4.78, 5) is 24.7. The number of carbonyl (C=O) groups excluding carboxylic acids is 2. The van der Waals surface area contributed by atoms with Gasteiger partial charge in [-0.2, -0.15) is 5.10 Å². The summed E-state index contributed by atoms with van der Waals surface area (Å²) in [5.74, 6) is -3.11. The van der Waals surface area contributed by atoms with Crippen LogP contribution in [0.4, 0.5) is 14.6 Å². The highest BCUT2D eigenvalue weighted by molar-refractivity contribution is 6.30. The van der Waals surface area contributed by atoms with Crippen molar-refractivity contribution in [2.75, 3.05) is 5.32 Å². The van der Waals surface area contributed by atoms with Gasteiger partial charge < -0.3 is 15.7 Å². The predicted octanol–water partition coefficient (Wildman–Crippen LogP) is 3.84. The van der Waals surface area contributed by atoms with E-state index in [-0.39, 0.29) is 5.56 Å². The Kier molecular flexibility index (Phi) is 7.14. The molecule has 0 radical (unpaired) electrons. The summed E-state index contributed by atoms with van der Waals surface area (Å²) in [6, 6.07) is 10.3. The topological polar surface area (TPSA) is 107 Å². The Bertz CT molecular complexity index is 1140. The first kappa shape index (κ1) is 24.3. The van der Waals surface area contributed by atoms with Crippen molar-refractivity contribution in [3.63, 3.8) is 0 Å². The molecule has 2 aromatic carbocycles. The molecule has 10 heteroatoms. The van der Waals surface area contributed by atoms with Crippen molar-refractivity contribution in [2.45, 2.75) is 38.3 Å². The molecule has 174 valence electrons. The van der Waals surface area contributed by atoms with Crippen LogP contribution in [0, 0.1) is 11.6 Å². The quantitative estimate of drug-likeness (QED) is 0.415. The van der Waals surface area contributed by atoms with E-state index in [2.05, 4.69) is 20.8 Å². The molecule has 2 amide bonds. The largest absolute Gasteiger partial charge is 0.378 e. The average Bonchev–Trinajstić information content (AvgIpc) is 3.22. The van der Waals surface area contributed by atoms with E-state index < -0.39 is 41.0 Å². The Morgan fingerprint density at radius 1 is 1.06 bits per heavy atom. The minimum atomic E-state index is -1.84. The Labute approximate surface area is 194 Å². The number of aliphatic hydroxyl groups excluding tert-OH is 1. The molecule has 0 bridgehead atoms. The molecule has 0 aliphatic carbocycles. The van der Waals surface area contributed by atoms with Gasteiger partial charge in [-0.25, -0.2) is 8.78 Å². The SMILES string of the molecule is CC(NC(=O)C(O)c1cc(F)cc(F)c1)C(=O)Nc1cc(C(C)(C)c2ccc(Cl)cc2)n[nH]1. The van der Waals surface area contributed by atoms with Gasteiger partial charge in [0, 0.05) is 22.6 Å². The Hall–Kier alpha value is -3.30. The van der Waals surface area contributed by atoms with E-state index in [9.17, 15) is 23.5 Å².